The van der Waals surface area contributed by atoms with Crippen molar-refractivity contribution in [2.45, 2.75) is 20.3 Å². The summed E-state index contributed by atoms with van der Waals surface area (Å²) in [5, 5.41) is 8.46. The number of hydrogen-bond acceptors (Lipinski definition) is 1. The van der Waals surface area contributed by atoms with Crippen molar-refractivity contribution >= 4 is 0 Å². The number of rotatable bonds is 2. The minimum atomic E-state index is -1.04. The van der Waals surface area contributed by atoms with Crippen molar-refractivity contribution in [2.75, 3.05) is 0 Å². The Labute approximate surface area is 82.0 Å². The van der Waals surface area contributed by atoms with E-state index in [1.54, 1.807) is 6.07 Å². The highest BCUT2D eigenvalue weighted by molar-refractivity contribution is 5.34. The molecular weight excluding hydrogens is 184 g/mol. The maximum atomic E-state index is 13.3. The molecule has 3 heteroatoms. The van der Waals surface area contributed by atoms with E-state index in [1.807, 2.05) is 13.8 Å². The minimum absolute atomic E-state index is 0.241. The Morgan fingerprint density at radius 1 is 1.29 bits per heavy atom. The Kier molecular flexibility index (Phi) is 3.19. The van der Waals surface area contributed by atoms with Gasteiger partial charge in [-0.2, -0.15) is 5.26 Å². The number of nitrogens with zero attached hydrogens (tertiary/aromatic N) is 1. The van der Waals surface area contributed by atoms with Crippen LogP contribution in [-0.4, -0.2) is 0 Å². The SMILES string of the molecule is CC(C)Cc1ccc(C#N)c(F)c1F. The smallest absolute Gasteiger partial charge is 0.176 e. The largest absolute Gasteiger partial charge is 0.203 e. The van der Waals surface area contributed by atoms with Crippen LogP contribution in [0.1, 0.15) is 25.0 Å². The highest BCUT2D eigenvalue weighted by atomic mass is 19.2. The maximum Gasteiger partial charge on any atom is 0.176 e. The fraction of sp³-hybridized carbons (Fsp3) is 0.364. The fourth-order valence-electron chi connectivity index (χ4n) is 1.27. The van der Waals surface area contributed by atoms with Crippen molar-refractivity contribution in [3.05, 3.63) is 34.9 Å². The molecule has 0 heterocycles. The van der Waals surface area contributed by atoms with Crippen LogP contribution in [0.2, 0.25) is 0 Å². The van der Waals surface area contributed by atoms with Gasteiger partial charge in [0.1, 0.15) is 6.07 Å². The third kappa shape index (κ3) is 2.08. The second kappa shape index (κ2) is 4.19. The van der Waals surface area contributed by atoms with Crippen LogP contribution in [0, 0.1) is 28.9 Å². The summed E-state index contributed by atoms with van der Waals surface area (Å²) in [6, 6.07) is 4.39. The van der Waals surface area contributed by atoms with Gasteiger partial charge in [-0.05, 0) is 24.0 Å². The van der Waals surface area contributed by atoms with E-state index in [9.17, 15) is 8.78 Å². The lowest BCUT2D eigenvalue weighted by atomic mass is 10.0. The molecule has 1 aromatic carbocycles. The lowest BCUT2D eigenvalue weighted by molar-refractivity contribution is 0.487. The molecule has 0 unspecified atom stereocenters. The average molecular weight is 195 g/mol. The van der Waals surface area contributed by atoms with Crippen molar-refractivity contribution < 1.29 is 8.78 Å². The summed E-state index contributed by atoms with van der Waals surface area (Å²) in [6.07, 6.45) is 0.481. The molecule has 0 saturated carbocycles. The topological polar surface area (TPSA) is 23.8 Å². The van der Waals surface area contributed by atoms with Gasteiger partial charge in [-0.1, -0.05) is 19.9 Å². The van der Waals surface area contributed by atoms with Gasteiger partial charge in [0.05, 0.1) is 5.56 Å². The third-order valence-electron chi connectivity index (χ3n) is 1.91. The number of benzene rings is 1. The van der Waals surface area contributed by atoms with Gasteiger partial charge < -0.3 is 0 Å². The molecule has 0 aliphatic heterocycles. The van der Waals surface area contributed by atoms with Crippen LogP contribution in [-0.2, 0) is 6.42 Å². The van der Waals surface area contributed by atoms with E-state index in [0.29, 0.717) is 12.0 Å². The number of hydrogen-bond donors (Lipinski definition) is 0. The fourth-order valence-corrected chi connectivity index (χ4v) is 1.27. The number of halogens is 2. The zero-order valence-corrected chi connectivity index (χ0v) is 8.14. The van der Waals surface area contributed by atoms with Gasteiger partial charge in [0, 0.05) is 0 Å². The van der Waals surface area contributed by atoms with Gasteiger partial charge in [0.2, 0.25) is 0 Å². The first kappa shape index (κ1) is 10.6. The van der Waals surface area contributed by atoms with Crippen molar-refractivity contribution in [2.24, 2.45) is 5.92 Å². The van der Waals surface area contributed by atoms with Crippen LogP contribution < -0.4 is 0 Å². The Bertz CT molecular complexity index is 378. The molecule has 14 heavy (non-hydrogen) atoms. The second-order valence-electron chi connectivity index (χ2n) is 3.61. The summed E-state index contributed by atoms with van der Waals surface area (Å²) in [7, 11) is 0. The highest BCUT2D eigenvalue weighted by Crippen LogP contribution is 2.18. The van der Waals surface area contributed by atoms with Crippen molar-refractivity contribution in [3.63, 3.8) is 0 Å². The van der Waals surface area contributed by atoms with E-state index in [-0.39, 0.29) is 11.5 Å². The van der Waals surface area contributed by atoms with Gasteiger partial charge in [-0.25, -0.2) is 8.78 Å². The molecule has 1 rings (SSSR count). The Morgan fingerprint density at radius 2 is 1.93 bits per heavy atom. The first-order valence-electron chi connectivity index (χ1n) is 4.43. The van der Waals surface area contributed by atoms with Crippen LogP contribution in [0.3, 0.4) is 0 Å². The lowest BCUT2D eigenvalue weighted by Crippen LogP contribution is -2.01. The zero-order chi connectivity index (χ0) is 10.7. The normalized spacial score (nSPS) is 10.3. The lowest BCUT2D eigenvalue weighted by Gasteiger charge is -2.07. The van der Waals surface area contributed by atoms with Gasteiger partial charge in [0.15, 0.2) is 11.6 Å². The van der Waals surface area contributed by atoms with E-state index >= 15 is 0 Å². The standard InChI is InChI=1S/C11H11F2N/c1-7(2)5-8-3-4-9(6-14)11(13)10(8)12/h3-4,7H,5H2,1-2H3. The average Bonchev–Trinajstić information content (AvgIpc) is 2.13. The third-order valence-corrected chi connectivity index (χ3v) is 1.91. The summed E-state index contributed by atoms with van der Waals surface area (Å²) >= 11 is 0. The van der Waals surface area contributed by atoms with Crippen molar-refractivity contribution in [3.8, 4) is 6.07 Å². The van der Waals surface area contributed by atoms with Gasteiger partial charge in [-0.15, -0.1) is 0 Å². The molecule has 0 bridgehead atoms. The van der Waals surface area contributed by atoms with Crippen LogP contribution in [0.4, 0.5) is 8.78 Å². The summed E-state index contributed by atoms with van der Waals surface area (Å²) < 4.78 is 26.4. The Morgan fingerprint density at radius 3 is 2.43 bits per heavy atom. The molecule has 0 fully saturated rings. The first-order valence-corrected chi connectivity index (χ1v) is 4.43. The van der Waals surface area contributed by atoms with Gasteiger partial charge in [-0.3, -0.25) is 0 Å². The van der Waals surface area contributed by atoms with Crippen molar-refractivity contribution in [1.29, 1.82) is 5.26 Å². The maximum absolute atomic E-state index is 13.3. The quantitative estimate of drug-likeness (QED) is 0.711. The van der Waals surface area contributed by atoms with E-state index in [2.05, 4.69) is 0 Å². The Hall–Kier alpha value is -1.43. The van der Waals surface area contributed by atoms with E-state index < -0.39 is 11.6 Å². The molecule has 0 amide bonds. The number of nitriles is 1. The van der Waals surface area contributed by atoms with Gasteiger partial charge in [0.25, 0.3) is 0 Å². The monoisotopic (exact) mass is 195 g/mol. The summed E-state index contributed by atoms with van der Waals surface area (Å²) in [6.45, 7) is 3.85. The predicted molar refractivity (Wildman–Crippen MR) is 49.6 cm³/mol. The van der Waals surface area contributed by atoms with Gasteiger partial charge >= 0.3 is 0 Å². The highest BCUT2D eigenvalue weighted by Gasteiger charge is 2.13. The molecule has 1 aromatic rings. The summed E-state index contributed by atoms with van der Waals surface area (Å²) in [5.74, 6) is -1.67. The zero-order valence-electron chi connectivity index (χ0n) is 8.14. The van der Waals surface area contributed by atoms with Crippen LogP contribution in [0.15, 0.2) is 12.1 Å². The second-order valence-corrected chi connectivity index (χ2v) is 3.61. The van der Waals surface area contributed by atoms with Crippen LogP contribution in [0.5, 0.6) is 0 Å². The summed E-state index contributed by atoms with van der Waals surface area (Å²) in [5.41, 5.74) is 0.0894. The van der Waals surface area contributed by atoms with E-state index in [1.165, 1.54) is 12.1 Å². The molecule has 1 nitrogen and oxygen atoms in total. The van der Waals surface area contributed by atoms with Crippen LogP contribution in [0.25, 0.3) is 0 Å². The first-order chi connectivity index (χ1) is 6.56. The van der Waals surface area contributed by atoms with Crippen LogP contribution >= 0.6 is 0 Å². The molecule has 0 aliphatic carbocycles. The molecule has 0 spiro atoms. The predicted octanol–water partition coefficient (Wildman–Crippen LogP) is 3.03. The molecule has 0 atom stereocenters. The van der Waals surface area contributed by atoms with E-state index in [0.717, 1.165) is 0 Å². The molecule has 0 aromatic heterocycles. The molecular formula is C11H11F2N. The molecule has 74 valence electrons. The molecule has 0 aliphatic rings. The minimum Gasteiger partial charge on any atom is -0.203 e. The molecule has 0 saturated heterocycles. The van der Waals surface area contributed by atoms with E-state index in [4.69, 9.17) is 5.26 Å². The molecule has 0 radical (unpaired) electrons. The Balaban J connectivity index is 3.12. The summed E-state index contributed by atoms with van der Waals surface area (Å²) in [4.78, 5) is 0. The molecule has 0 N–H and O–H groups in total. The van der Waals surface area contributed by atoms with Crippen molar-refractivity contribution in [1.82, 2.24) is 0 Å².